The highest BCUT2D eigenvalue weighted by Crippen LogP contribution is 2.59. The van der Waals surface area contributed by atoms with Crippen molar-refractivity contribution >= 4 is 17.1 Å². The van der Waals surface area contributed by atoms with Crippen molar-refractivity contribution in [3.8, 4) is 33.4 Å². The average molecular weight is 802 g/mol. The monoisotopic (exact) mass is 801 g/mol. The normalized spacial score (nSPS) is 13.7. The zero-order valence-electron chi connectivity index (χ0n) is 34.8. The fourth-order valence-electron chi connectivity index (χ4n) is 11.0. The standard InChI is InChI=1S/C62H43N/c1-6-20-44(21-7-1)45-34-36-50(37-35-45)63(51-38-40-59-55(42-51)53-30-16-18-32-57(53)61(59,46-22-8-2-9-23-46)47-24-10-3-11-25-47)52-39-41-60-56(43-52)54-31-17-19-33-58(54)62(60,48-26-12-4-13-27-48)49-28-14-5-15-29-49/h1-43H. The van der Waals surface area contributed by atoms with E-state index in [-0.39, 0.29) is 0 Å². The maximum Gasteiger partial charge on any atom is 0.0713 e. The van der Waals surface area contributed by atoms with Crippen molar-refractivity contribution in [1.82, 2.24) is 0 Å². The Morgan fingerprint density at radius 1 is 0.222 bits per heavy atom. The summed E-state index contributed by atoms with van der Waals surface area (Å²) in [6.07, 6.45) is 0. The van der Waals surface area contributed by atoms with Gasteiger partial charge in [0.25, 0.3) is 0 Å². The van der Waals surface area contributed by atoms with Gasteiger partial charge in [0.05, 0.1) is 10.8 Å². The molecule has 12 rings (SSSR count). The second kappa shape index (κ2) is 14.9. The van der Waals surface area contributed by atoms with Gasteiger partial charge < -0.3 is 4.90 Å². The molecule has 0 saturated heterocycles. The maximum atomic E-state index is 2.45. The molecule has 0 atom stereocenters. The van der Waals surface area contributed by atoms with Crippen LogP contribution in [-0.2, 0) is 10.8 Å². The van der Waals surface area contributed by atoms with Gasteiger partial charge >= 0.3 is 0 Å². The molecular weight excluding hydrogens is 759 g/mol. The summed E-state index contributed by atoms with van der Waals surface area (Å²) in [5.74, 6) is 0. The van der Waals surface area contributed by atoms with Crippen LogP contribution < -0.4 is 4.90 Å². The van der Waals surface area contributed by atoms with Crippen LogP contribution in [0.3, 0.4) is 0 Å². The molecule has 0 spiro atoms. The predicted octanol–water partition coefficient (Wildman–Crippen LogP) is 15.5. The quantitative estimate of drug-likeness (QED) is 0.148. The van der Waals surface area contributed by atoms with Gasteiger partial charge in [-0.1, -0.05) is 224 Å². The first-order chi connectivity index (χ1) is 31.3. The third-order valence-electron chi connectivity index (χ3n) is 13.6. The van der Waals surface area contributed by atoms with Gasteiger partial charge in [0.1, 0.15) is 0 Å². The molecule has 0 saturated carbocycles. The Hall–Kier alpha value is -8.00. The molecule has 10 aromatic rings. The van der Waals surface area contributed by atoms with Gasteiger partial charge in [0, 0.05) is 17.1 Å². The Morgan fingerprint density at radius 2 is 0.524 bits per heavy atom. The molecule has 0 unspecified atom stereocenters. The number of nitrogens with zero attached hydrogens (tertiary/aromatic N) is 1. The van der Waals surface area contributed by atoms with Crippen molar-refractivity contribution in [2.75, 3.05) is 4.90 Å². The largest absolute Gasteiger partial charge is 0.310 e. The van der Waals surface area contributed by atoms with E-state index in [0.717, 1.165) is 17.1 Å². The fourth-order valence-corrected chi connectivity index (χ4v) is 11.0. The average Bonchev–Trinajstić information content (AvgIpc) is 3.84. The number of fused-ring (bicyclic) bond motifs is 6. The van der Waals surface area contributed by atoms with E-state index in [2.05, 4.69) is 266 Å². The molecule has 0 amide bonds. The van der Waals surface area contributed by atoms with E-state index in [0.29, 0.717) is 0 Å². The summed E-state index contributed by atoms with van der Waals surface area (Å²) in [5.41, 5.74) is 20.1. The second-order valence-electron chi connectivity index (χ2n) is 16.8. The van der Waals surface area contributed by atoms with E-state index in [1.54, 1.807) is 0 Å². The Morgan fingerprint density at radius 3 is 0.921 bits per heavy atom. The minimum atomic E-state index is -0.468. The summed E-state index contributed by atoms with van der Waals surface area (Å²) in [6.45, 7) is 0. The first kappa shape index (κ1) is 36.8. The molecule has 0 N–H and O–H groups in total. The van der Waals surface area contributed by atoms with E-state index in [1.165, 1.54) is 77.9 Å². The van der Waals surface area contributed by atoms with E-state index >= 15 is 0 Å². The van der Waals surface area contributed by atoms with Gasteiger partial charge in [-0.05, 0) is 114 Å². The van der Waals surface area contributed by atoms with Crippen molar-refractivity contribution in [1.29, 1.82) is 0 Å². The van der Waals surface area contributed by atoms with Crippen LogP contribution in [0.5, 0.6) is 0 Å². The van der Waals surface area contributed by atoms with E-state index < -0.39 is 10.8 Å². The van der Waals surface area contributed by atoms with Gasteiger partial charge in [-0.3, -0.25) is 0 Å². The van der Waals surface area contributed by atoms with Crippen LogP contribution in [0, 0.1) is 0 Å². The van der Waals surface area contributed by atoms with E-state index in [9.17, 15) is 0 Å². The summed E-state index contributed by atoms with van der Waals surface area (Å²) in [5, 5.41) is 0. The molecule has 296 valence electrons. The number of benzene rings is 10. The minimum absolute atomic E-state index is 0.468. The van der Waals surface area contributed by atoms with Crippen LogP contribution in [0.2, 0.25) is 0 Å². The molecule has 0 aromatic heterocycles. The highest BCUT2D eigenvalue weighted by molar-refractivity contribution is 5.93. The van der Waals surface area contributed by atoms with Crippen LogP contribution in [0.15, 0.2) is 261 Å². The smallest absolute Gasteiger partial charge is 0.0713 e. The van der Waals surface area contributed by atoms with Gasteiger partial charge in [-0.2, -0.15) is 0 Å². The molecule has 0 bridgehead atoms. The van der Waals surface area contributed by atoms with Gasteiger partial charge in [-0.25, -0.2) is 0 Å². The molecule has 1 heteroatoms. The topological polar surface area (TPSA) is 3.24 Å². The summed E-state index contributed by atoms with van der Waals surface area (Å²) in [6, 6.07) is 96.3. The number of anilines is 3. The lowest BCUT2D eigenvalue weighted by atomic mass is 9.67. The third-order valence-corrected chi connectivity index (χ3v) is 13.6. The van der Waals surface area contributed by atoms with Crippen LogP contribution in [0.4, 0.5) is 17.1 Å². The van der Waals surface area contributed by atoms with Crippen molar-refractivity contribution in [3.63, 3.8) is 0 Å². The summed E-state index contributed by atoms with van der Waals surface area (Å²) < 4.78 is 0. The van der Waals surface area contributed by atoms with Crippen LogP contribution in [-0.4, -0.2) is 0 Å². The lowest BCUT2D eigenvalue weighted by molar-refractivity contribution is 0.768. The predicted molar refractivity (Wildman–Crippen MR) is 261 cm³/mol. The molecule has 2 aliphatic carbocycles. The Labute approximate surface area is 369 Å². The minimum Gasteiger partial charge on any atom is -0.310 e. The highest BCUT2D eigenvalue weighted by Gasteiger charge is 2.47. The molecule has 1 nitrogen and oxygen atoms in total. The van der Waals surface area contributed by atoms with Crippen LogP contribution in [0.1, 0.15) is 44.5 Å². The van der Waals surface area contributed by atoms with Crippen molar-refractivity contribution in [2.45, 2.75) is 10.8 Å². The van der Waals surface area contributed by atoms with Crippen LogP contribution >= 0.6 is 0 Å². The van der Waals surface area contributed by atoms with Crippen molar-refractivity contribution in [3.05, 3.63) is 305 Å². The molecule has 0 aliphatic heterocycles. The van der Waals surface area contributed by atoms with E-state index in [4.69, 9.17) is 0 Å². The number of hydrogen-bond donors (Lipinski definition) is 0. The molecule has 63 heavy (non-hydrogen) atoms. The lowest BCUT2D eigenvalue weighted by Gasteiger charge is -2.34. The zero-order chi connectivity index (χ0) is 41.8. The Kier molecular flexibility index (Phi) is 8.69. The van der Waals surface area contributed by atoms with Crippen molar-refractivity contribution in [2.24, 2.45) is 0 Å². The summed E-state index contributed by atoms with van der Waals surface area (Å²) in [7, 11) is 0. The maximum absolute atomic E-state index is 2.45. The molecule has 0 heterocycles. The summed E-state index contributed by atoms with van der Waals surface area (Å²) >= 11 is 0. The van der Waals surface area contributed by atoms with Gasteiger partial charge in [0.15, 0.2) is 0 Å². The molecule has 0 fully saturated rings. The van der Waals surface area contributed by atoms with Crippen LogP contribution in [0.25, 0.3) is 33.4 Å². The molecule has 10 aromatic carbocycles. The zero-order valence-corrected chi connectivity index (χ0v) is 34.8. The number of rotatable bonds is 8. The van der Waals surface area contributed by atoms with Gasteiger partial charge in [0.2, 0.25) is 0 Å². The molecular formula is C62H43N. The summed E-state index contributed by atoms with van der Waals surface area (Å²) in [4.78, 5) is 2.45. The molecule has 2 aliphatic rings. The first-order valence-corrected chi connectivity index (χ1v) is 21.9. The second-order valence-corrected chi connectivity index (χ2v) is 16.8. The first-order valence-electron chi connectivity index (χ1n) is 21.9. The van der Waals surface area contributed by atoms with Crippen molar-refractivity contribution < 1.29 is 0 Å². The SMILES string of the molecule is c1ccc(-c2ccc(N(c3ccc4c(c3)-c3ccccc3C4(c3ccccc3)c3ccccc3)c3ccc4c(c3)-c3ccccc3C4(c3ccccc3)c3ccccc3)cc2)cc1. The molecule has 0 radical (unpaired) electrons. The van der Waals surface area contributed by atoms with E-state index in [1.807, 2.05) is 0 Å². The lowest BCUT2D eigenvalue weighted by Crippen LogP contribution is -2.28. The third kappa shape index (κ3) is 5.56. The fraction of sp³-hybridized carbons (Fsp3) is 0.0323. The van der Waals surface area contributed by atoms with Gasteiger partial charge in [-0.15, -0.1) is 0 Å². The highest BCUT2D eigenvalue weighted by atomic mass is 15.1. The number of hydrogen-bond acceptors (Lipinski definition) is 1. The Bertz CT molecular complexity index is 2990. The Balaban J connectivity index is 1.09.